The van der Waals surface area contributed by atoms with Crippen molar-refractivity contribution in [1.82, 2.24) is 10.2 Å². The Balaban J connectivity index is 1.87. The molecule has 3 rings (SSSR count). The highest BCUT2D eigenvalue weighted by Crippen LogP contribution is 2.32. The van der Waals surface area contributed by atoms with Crippen molar-refractivity contribution < 1.29 is 32.6 Å². The Morgan fingerprint density at radius 2 is 2.08 bits per heavy atom. The Hall–Kier alpha value is -1.84. The van der Waals surface area contributed by atoms with Crippen molar-refractivity contribution in [1.29, 1.82) is 0 Å². The summed E-state index contributed by atoms with van der Waals surface area (Å²) in [4.78, 5) is 26.4. The lowest BCUT2D eigenvalue weighted by molar-refractivity contribution is -0.158. The van der Waals surface area contributed by atoms with Crippen LogP contribution in [0.4, 0.5) is 8.78 Å². The second-order valence-corrected chi connectivity index (χ2v) is 6.66. The van der Waals surface area contributed by atoms with Gasteiger partial charge in [0.1, 0.15) is 23.7 Å². The highest BCUT2D eigenvalue weighted by Gasteiger charge is 2.50. The monoisotopic (exact) mass is 372 g/mol. The van der Waals surface area contributed by atoms with Gasteiger partial charge in [0.25, 0.3) is 0 Å². The average molecular weight is 372 g/mol. The Kier molecular flexibility index (Phi) is 5.69. The maximum absolute atomic E-state index is 13.7. The normalized spacial score (nSPS) is 29.0. The van der Waals surface area contributed by atoms with E-state index in [4.69, 9.17) is 9.47 Å². The van der Waals surface area contributed by atoms with E-state index in [0.717, 1.165) is 6.08 Å². The number of halogens is 2. The fourth-order valence-corrected chi connectivity index (χ4v) is 3.56. The van der Waals surface area contributed by atoms with Gasteiger partial charge in [-0.2, -0.15) is 0 Å². The number of carbonyl (C=O) groups is 2. The van der Waals surface area contributed by atoms with E-state index in [9.17, 15) is 18.4 Å². The minimum atomic E-state index is -1.12. The fourth-order valence-electron chi connectivity index (χ4n) is 3.56. The van der Waals surface area contributed by atoms with Gasteiger partial charge in [-0.15, -0.1) is 0 Å². The van der Waals surface area contributed by atoms with Gasteiger partial charge >= 0.3 is 5.97 Å². The SMILES string of the molecule is COC(=O)CN1C(=O)C2(COCCOC2)NC[C@H]1C1C=C(F)C=C(F)C1. The summed E-state index contributed by atoms with van der Waals surface area (Å²) >= 11 is 0. The molecule has 0 aromatic heterocycles. The molecule has 3 aliphatic rings. The average Bonchev–Trinajstić information content (AvgIpc) is 2.84. The number of nitrogens with one attached hydrogen (secondary N) is 1. The molecule has 0 bridgehead atoms. The number of carbonyl (C=O) groups excluding carboxylic acids is 2. The molecule has 0 aromatic carbocycles. The lowest BCUT2D eigenvalue weighted by Crippen LogP contribution is -2.72. The third-order valence-electron chi connectivity index (χ3n) is 4.91. The van der Waals surface area contributed by atoms with E-state index in [1.54, 1.807) is 0 Å². The third-order valence-corrected chi connectivity index (χ3v) is 4.91. The molecule has 0 saturated carbocycles. The minimum absolute atomic E-state index is 0.0370. The topological polar surface area (TPSA) is 77.1 Å². The van der Waals surface area contributed by atoms with Crippen molar-refractivity contribution in [3.8, 4) is 0 Å². The Labute approximate surface area is 149 Å². The predicted octanol–water partition coefficient (Wildman–Crippen LogP) is 0.472. The number of rotatable bonds is 3. The summed E-state index contributed by atoms with van der Waals surface area (Å²) in [5, 5.41) is 3.14. The number of hydrogen-bond donors (Lipinski definition) is 1. The summed E-state index contributed by atoms with van der Waals surface area (Å²) in [6.07, 6.45) is 2.07. The highest BCUT2D eigenvalue weighted by molar-refractivity contribution is 5.91. The van der Waals surface area contributed by atoms with Crippen LogP contribution >= 0.6 is 0 Å². The summed E-state index contributed by atoms with van der Waals surface area (Å²) in [5.41, 5.74) is -1.12. The molecule has 0 aromatic rings. The summed E-state index contributed by atoms with van der Waals surface area (Å²) in [7, 11) is 1.22. The van der Waals surface area contributed by atoms with E-state index in [1.165, 1.54) is 18.1 Å². The summed E-state index contributed by atoms with van der Waals surface area (Å²) in [6, 6.07) is -0.597. The fraction of sp³-hybridized carbons (Fsp3) is 0.647. The molecule has 0 radical (unpaired) electrons. The van der Waals surface area contributed by atoms with Gasteiger partial charge in [-0.1, -0.05) is 0 Å². The summed E-state index contributed by atoms with van der Waals surface area (Å²) in [6.45, 7) is 0.865. The maximum Gasteiger partial charge on any atom is 0.325 e. The van der Waals surface area contributed by atoms with Gasteiger partial charge in [-0.05, 0) is 6.08 Å². The van der Waals surface area contributed by atoms with Crippen molar-refractivity contribution in [2.24, 2.45) is 5.92 Å². The molecular formula is C17H22F2N2O5. The summed E-state index contributed by atoms with van der Waals surface area (Å²) in [5.74, 6) is -2.88. The quantitative estimate of drug-likeness (QED) is 0.726. The van der Waals surface area contributed by atoms with Gasteiger partial charge in [0.15, 0.2) is 0 Å². The zero-order valence-corrected chi connectivity index (χ0v) is 14.5. The minimum Gasteiger partial charge on any atom is -0.468 e. The molecular weight excluding hydrogens is 350 g/mol. The van der Waals surface area contributed by atoms with E-state index in [2.05, 4.69) is 10.1 Å². The van der Waals surface area contributed by atoms with E-state index < -0.39 is 41.0 Å². The number of esters is 1. The van der Waals surface area contributed by atoms with Crippen LogP contribution in [0.15, 0.2) is 23.8 Å². The van der Waals surface area contributed by atoms with E-state index >= 15 is 0 Å². The van der Waals surface area contributed by atoms with Crippen LogP contribution in [0.3, 0.4) is 0 Å². The Morgan fingerprint density at radius 3 is 2.69 bits per heavy atom. The van der Waals surface area contributed by atoms with Crippen LogP contribution in [-0.2, 0) is 23.8 Å². The van der Waals surface area contributed by atoms with Crippen molar-refractivity contribution in [3.05, 3.63) is 23.8 Å². The van der Waals surface area contributed by atoms with Crippen LogP contribution in [0.2, 0.25) is 0 Å². The molecule has 9 heteroatoms. The number of amides is 1. The number of nitrogens with zero attached hydrogens (tertiary/aromatic N) is 1. The van der Waals surface area contributed by atoms with Gasteiger partial charge in [0, 0.05) is 25.0 Å². The first-order valence-electron chi connectivity index (χ1n) is 8.47. The van der Waals surface area contributed by atoms with Gasteiger partial charge in [-0.25, -0.2) is 8.78 Å². The van der Waals surface area contributed by atoms with Crippen LogP contribution in [-0.4, -0.2) is 75.0 Å². The van der Waals surface area contributed by atoms with Crippen LogP contribution in [0.1, 0.15) is 6.42 Å². The number of piperazine rings is 1. The first-order valence-corrected chi connectivity index (χ1v) is 8.47. The lowest BCUT2D eigenvalue weighted by atomic mass is 9.85. The largest absolute Gasteiger partial charge is 0.468 e. The molecule has 2 atom stereocenters. The molecule has 144 valence electrons. The molecule has 2 heterocycles. The molecule has 2 aliphatic heterocycles. The van der Waals surface area contributed by atoms with Crippen molar-refractivity contribution in [2.75, 3.05) is 46.6 Å². The zero-order chi connectivity index (χ0) is 18.7. The van der Waals surface area contributed by atoms with Gasteiger partial charge in [0.05, 0.1) is 39.6 Å². The van der Waals surface area contributed by atoms with Crippen molar-refractivity contribution >= 4 is 11.9 Å². The van der Waals surface area contributed by atoms with E-state index in [1.807, 2.05) is 0 Å². The molecule has 26 heavy (non-hydrogen) atoms. The molecule has 1 amide bonds. The number of methoxy groups -OCH3 is 1. The summed E-state index contributed by atoms with van der Waals surface area (Å²) < 4.78 is 43.0. The smallest absolute Gasteiger partial charge is 0.325 e. The third kappa shape index (κ3) is 3.79. The van der Waals surface area contributed by atoms with Crippen LogP contribution in [0.25, 0.3) is 0 Å². The molecule has 2 saturated heterocycles. The number of ether oxygens (including phenoxy) is 3. The predicted molar refractivity (Wildman–Crippen MR) is 86.4 cm³/mol. The van der Waals surface area contributed by atoms with E-state index in [-0.39, 0.29) is 32.7 Å². The molecule has 1 N–H and O–H groups in total. The molecule has 1 spiro atoms. The molecule has 1 aliphatic carbocycles. The zero-order valence-electron chi connectivity index (χ0n) is 14.5. The molecule has 1 unspecified atom stereocenters. The number of allylic oxidation sites excluding steroid dienone is 3. The standard InChI is InChI=1S/C17H22F2N2O5/c1-24-15(22)8-21-14(11-4-12(18)6-13(19)5-11)7-20-17(16(21)23)9-25-2-3-26-10-17/h4,6,11,14,20H,2-3,5,7-10H2,1H3/t11?,14-/m0/s1. The molecule has 2 fully saturated rings. The van der Waals surface area contributed by atoms with Gasteiger partial charge in [0.2, 0.25) is 5.91 Å². The van der Waals surface area contributed by atoms with Crippen LogP contribution < -0.4 is 5.32 Å². The lowest BCUT2D eigenvalue weighted by Gasteiger charge is -2.47. The van der Waals surface area contributed by atoms with Crippen LogP contribution in [0.5, 0.6) is 0 Å². The second kappa shape index (κ2) is 7.81. The first-order chi connectivity index (χ1) is 12.4. The maximum atomic E-state index is 13.7. The van der Waals surface area contributed by atoms with E-state index in [0.29, 0.717) is 13.2 Å². The van der Waals surface area contributed by atoms with Crippen LogP contribution in [0, 0.1) is 5.92 Å². The van der Waals surface area contributed by atoms with Crippen molar-refractivity contribution in [2.45, 2.75) is 18.0 Å². The Morgan fingerprint density at radius 1 is 1.38 bits per heavy atom. The molecule has 7 nitrogen and oxygen atoms in total. The van der Waals surface area contributed by atoms with Crippen molar-refractivity contribution in [3.63, 3.8) is 0 Å². The van der Waals surface area contributed by atoms with Gasteiger partial charge in [-0.3, -0.25) is 14.9 Å². The second-order valence-electron chi connectivity index (χ2n) is 6.66. The Bertz CT molecular complexity index is 629. The first kappa shape index (κ1) is 18.9. The van der Waals surface area contributed by atoms with Gasteiger partial charge < -0.3 is 19.1 Å². The highest BCUT2D eigenvalue weighted by atomic mass is 19.1. The number of hydrogen-bond acceptors (Lipinski definition) is 6.